The van der Waals surface area contributed by atoms with Crippen LogP contribution in [0.1, 0.15) is 77.0 Å². The maximum Gasteiger partial charge on any atom is 0.329 e. The molecule has 562 valence electrons. The number of fused-ring (bicyclic) bond motifs is 16. The van der Waals surface area contributed by atoms with E-state index in [1.165, 1.54) is 53.4 Å². The minimum Gasteiger partial charge on any atom is -0.473 e. The van der Waals surface area contributed by atoms with E-state index in [1.54, 1.807) is 12.5 Å². The topological polar surface area (TPSA) is 292 Å². The summed E-state index contributed by atoms with van der Waals surface area (Å²) in [5.74, 6) is 2.22. The van der Waals surface area contributed by atoms with Crippen molar-refractivity contribution < 1.29 is 115 Å². The molecule has 0 aromatic carbocycles. The van der Waals surface area contributed by atoms with Gasteiger partial charge < -0.3 is 100 Å². The third-order valence-corrected chi connectivity index (χ3v) is 20.9. The monoisotopic (exact) mass is 1460 g/mol. The van der Waals surface area contributed by atoms with Gasteiger partial charge in [0, 0.05) is 99.1 Å². The molecule has 19 aliphatic rings. The van der Waals surface area contributed by atoms with E-state index in [1.807, 2.05) is 36.4 Å². The largest absolute Gasteiger partial charge is 0.473 e. The molecular weight excluding hydrogens is 1350 g/mol. The van der Waals surface area contributed by atoms with Crippen molar-refractivity contribution in [1.82, 2.24) is 0 Å². The summed E-state index contributed by atoms with van der Waals surface area (Å²) in [5, 5.41) is 26.4. The molecule has 0 spiro atoms. The number of aliphatic hydroxyl groups excluding tert-OH is 3. The third-order valence-electron chi connectivity index (χ3n) is 20.9. The Morgan fingerprint density at radius 2 is 0.718 bits per heavy atom. The van der Waals surface area contributed by atoms with Gasteiger partial charge in [0.2, 0.25) is 0 Å². The maximum absolute atomic E-state index is 11.1. The average molecular weight is 1460 g/mol. The van der Waals surface area contributed by atoms with Crippen LogP contribution in [0.25, 0.3) is 0 Å². The van der Waals surface area contributed by atoms with Gasteiger partial charge >= 0.3 is 17.9 Å². The molecule has 16 bridgehead atoms. The molecule has 103 heavy (non-hydrogen) atoms. The zero-order valence-electron chi connectivity index (χ0n) is 61.5. The van der Waals surface area contributed by atoms with Crippen LogP contribution in [0.2, 0.25) is 0 Å². The Kier molecular flexibility index (Phi) is 38.3. The summed E-state index contributed by atoms with van der Waals surface area (Å²) < 4.78 is 94.0. The summed E-state index contributed by atoms with van der Waals surface area (Å²) in [7, 11) is 4.14. The van der Waals surface area contributed by atoms with E-state index in [9.17, 15) is 14.4 Å². The van der Waals surface area contributed by atoms with Gasteiger partial charge in [-0.25, -0.2) is 4.79 Å². The number of esters is 3. The zero-order valence-corrected chi connectivity index (χ0v) is 65.5. The maximum atomic E-state index is 11.1. The van der Waals surface area contributed by atoms with Crippen LogP contribution in [0, 0.1) is 47.3 Å². The summed E-state index contributed by atoms with van der Waals surface area (Å²) in [5.41, 5.74) is 0. The summed E-state index contributed by atoms with van der Waals surface area (Å²) in [6.45, 7) is 11.5. The Hall–Kier alpha value is -2.55. The number of hydrogen-bond donors (Lipinski definition) is 3. The van der Waals surface area contributed by atoms with Gasteiger partial charge in [-0.1, -0.05) is 79.5 Å². The Labute approximate surface area is 651 Å². The fourth-order valence-corrected chi connectivity index (χ4v) is 15.1. The number of rotatable bonds is 18. The van der Waals surface area contributed by atoms with Gasteiger partial charge in [0.15, 0.2) is 0 Å². The molecule has 20 rings (SSSR count). The van der Waals surface area contributed by atoms with E-state index in [0.29, 0.717) is 121 Å². The van der Waals surface area contributed by atoms with Crippen LogP contribution in [-0.2, 0) is 94.9 Å². The van der Waals surface area contributed by atoms with Crippen LogP contribution in [-0.4, -0.2) is 322 Å². The van der Waals surface area contributed by atoms with Crippen molar-refractivity contribution in [3.63, 3.8) is 0 Å². The number of hydrogen-bond acceptors (Lipinski definition) is 24. The molecule has 3 N–H and O–H groups in total. The van der Waals surface area contributed by atoms with E-state index < -0.39 is 5.97 Å². The van der Waals surface area contributed by atoms with E-state index >= 15 is 0 Å². The summed E-state index contributed by atoms with van der Waals surface area (Å²) >= 11 is 0. The van der Waals surface area contributed by atoms with Gasteiger partial charge in [0.05, 0.1) is 203 Å². The number of epoxide rings is 3. The molecule has 24 nitrogen and oxygen atoms in total. The van der Waals surface area contributed by atoms with Crippen LogP contribution in [0.5, 0.6) is 0 Å². The molecule has 4 radical (unpaired) electrons. The minimum atomic E-state index is -0.394. The number of furan rings is 1. The number of carbonyl (C=O) groups is 3. The van der Waals surface area contributed by atoms with E-state index in [-0.39, 0.29) is 146 Å². The second kappa shape index (κ2) is 44.9. The second-order valence-electron chi connectivity index (χ2n) is 28.1. The van der Waals surface area contributed by atoms with Crippen LogP contribution >= 0.6 is 0 Å². The number of aliphatic hydroxyl groups is 3. The summed E-state index contributed by atoms with van der Waals surface area (Å²) in [6, 6.07) is 3.67. The first kappa shape index (κ1) is 87.7. The number of carbonyl (C=O) groups excluding carboxylic acids is 3. The standard InChI is InChI=1S/C10H16O3.2C10H14O3.2C8H10O3.C7H12O2.2C7H10O2.C4H6O2.C4H4O.2Al.2Li.4H/c3*1-2-10-7(3-8(1)13-10)4-11-5-9-6-12-9;2*1-10-8(9)6-4-5-2-3-7(6)11-5;3*8-4-5-3-6-1-2-7(5)9-6;1-3-4(5)6-2;1-2-4-5-3-1;;;;;;;;/h7-10H,1-6H2;2*1-2,7-10H,3-6H2;2*2-3,5-7H,4H2,1H3;5-8H,1-4H2;2*1-2,5-8H,3-4H2;3H,1H2,2H3;1-4H;;;;;;;;. The fraction of sp³-hybridized carbons (Fsp3) is 0.720. The van der Waals surface area contributed by atoms with E-state index in [0.717, 1.165) is 110 Å². The van der Waals surface area contributed by atoms with Crippen LogP contribution in [0.4, 0.5) is 0 Å². The van der Waals surface area contributed by atoms with Gasteiger partial charge in [0.1, 0.15) is 53.0 Å². The smallest absolute Gasteiger partial charge is 0.329 e. The van der Waals surface area contributed by atoms with Crippen LogP contribution in [0.3, 0.4) is 0 Å². The molecule has 13 saturated heterocycles. The van der Waals surface area contributed by atoms with Gasteiger partial charge in [-0.15, -0.1) is 0 Å². The van der Waals surface area contributed by atoms with Gasteiger partial charge in [-0.05, 0) is 89.2 Å². The molecule has 1 aromatic heterocycles. The van der Waals surface area contributed by atoms with Crippen molar-refractivity contribution in [3.8, 4) is 0 Å². The molecule has 13 fully saturated rings. The SMILES string of the molecule is C(OCC1CC2CCC1O2)C1CO1.C1=CC2OC1CC2COCC1CO1.C1=CC2OC1CC2COCC1CO1.C=CC(=O)OC.COC(=O)C1CC2C=CC1O2.COC(=O)C1CC2C=CC1O2.OCC1CC2C=CC1O2.OCC1CC2C=CC1O2.OCC1CC2CCC1O2.[AlH2].[AlH2].[Li].[Li].c1ccoc1. The van der Waals surface area contributed by atoms with E-state index in [2.05, 4.69) is 73.8 Å². The second-order valence-corrected chi connectivity index (χ2v) is 28.1. The van der Waals surface area contributed by atoms with Gasteiger partial charge in [-0.2, -0.15) is 0 Å². The fourth-order valence-electron chi connectivity index (χ4n) is 15.1. The molecule has 0 amide bonds. The Morgan fingerprint density at radius 3 is 0.913 bits per heavy atom. The van der Waals surface area contributed by atoms with E-state index in [4.69, 9.17) is 81.6 Å². The Balaban J connectivity index is 0.000000161. The van der Waals surface area contributed by atoms with Crippen LogP contribution < -0.4 is 0 Å². The summed E-state index contributed by atoms with van der Waals surface area (Å²) in [4.78, 5) is 32.0. The zero-order chi connectivity index (χ0) is 69.0. The van der Waals surface area contributed by atoms with Gasteiger partial charge in [-0.3, -0.25) is 9.59 Å². The summed E-state index contributed by atoms with van der Waals surface area (Å²) in [6.07, 6.45) is 48.1. The molecular formula is C75H110Al2Li2O24. The molecule has 28 heteroatoms. The number of methoxy groups -OCH3 is 3. The third kappa shape index (κ3) is 26.9. The Morgan fingerprint density at radius 1 is 0.398 bits per heavy atom. The molecule has 0 saturated carbocycles. The number of ether oxygens (including phenoxy) is 17. The van der Waals surface area contributed by atoms with Crippen molar-refractivity contribution in [3.05, 3.63) is 110 Å². The first-order chi connectivity index (χ1) is 48.4. The molecule has 19 aliphatic heterocycles. The van der Waals surface area contributed by atoms with Crippen molar-refractivity contribution >= 4 is 90.4 Å². The van der Waals surface area contributed by atoms with Crippen molar-refractivity contribution in [2.75, 3.05) is 101 Å². The molecule has 1 aromatic rings. The minimum absolute atomic E-state index is 0. The van der Waals surface area contributed by atoms with Crippen molar-refractivity contribution in [2.24, 2.45) is 47.3 Å². The predicted molar refractivity (Wildman–Crippen MR) is 384 cm³/mol. The molecule has 20 heterocycles. The van der Waals surface area contributed by atoms with Crippen LogP contribution in [0.15, 0.2) is 115 Å². The predicted octanol–water partition coefficient (Wildman–Crippen LogP) is 3.69. The normalized spacial score (nSPS) is 39.1. The average Bonchev–Trinajstić information content (AvgIpc) is 1.74. The van der Waals surface area contributed by atoms with Crippen molar-refractivity contribution in [2.45, 2.75) is 193 Å². The molecule has 0 aliphatic carbocycles. The first-order valence-corrected chi connectivity index (χ1v) is 36.0. The van der Waals surface area contributed by atoms with Gasteiger partial charge in [0.25, 0.3) is 0 Å². The van der Waals surface area contributed by atoms with Crippen molar-refractivity contribution in [1.29, 1.82) is 0 Å². The quantitative estimate of drug-likeness (QED) is 0.0472. The molecule has 27 atom stereocenters. The molecule has 27 unspecified atom stereocenters. The first-order valence-electron chi connectivity index (χ1n) is 36.0. The Bertz CT molecular complexity index is 2700.